The van der Waals surface area contributed by atoms with E-state index in [1.165, 1.54) is 0 Å². The third-order valence-corrected chi connectivity index (χ3v) is 2.70. The molecular weight excluding hydrogens is 224 g/mol. The molecule has 0 bridgehead atoms. The van der Waals surface area contributed by atoms with Gasteiger partial charge in [0.05, 0.1) is 18.2 Å². The van der Waals surface area contributed by atoms with Crippen molar-refractivity contribution in [2.24, 2.45) is 0 Å². The number of methoxy groups -OCH3 is 1. The summed E-state index contributed by atoms with van der Waals surface area (Å²) in [5, 5.41) is 18.1. The summed E-state index contributed by atoms with van der Waals surface area (Å²) in [5.41, 5.74) is 2.46. The molecule has 0 fully saturated rings. The summed E-state index contributed by atoms with van der Waals surface area (Å²) >= 11 is 0. The second-order valence-corrected chi connectivity index (χ2v) is 3.68. The minimum Gasteiger partial charge on any atom is -0.497 e. The van der Waals surface area contributed by atoms with Gasteiger partial charge in [0.15, 0.2) is 0 Å². The quantitative estimate of drug-likeness (QED) is 0.802. The molecule has 2 aromatic carbocycles. The second-order valence-electron chi connectivity index (χ2n) is 3.68. The van der Waals surface area contributed by atoms with Crippen LogP contribution in [0, 0.1) is 22.7 Å². The van der Waals surface area contributed by atoms with E-state index in [2.05, 4.69) is 6.07 Å². The van der Waals surface area contributed by atoms with E-state index in [0.29, 0.717) is 11.1 Å². The fraction of sp³-hybridized carbons (Fsp3) is 0.0667. The molecule has 0 spiro atoms. The van der Waals surface area contributed by atoms with Crippen molar-refractivity contribution < 1.29 is 4.74 Å². The Morgan fingerprint density at radius 1 is 0.944 bits per heavy atom. The highest BCUT2D eigenvalue weighted by molar-refractivity contribution is 5.73. The fourth-order valence-electron chi connectivity index (χ4n) is 1.78. The predicted molar refractivity (Wildman–Crippen MR) is 67.9 cm³/mol. The first-order valence-electron chi connectivity index (χ1n) is 5.37. The molecule has 0 aliphatic heterocycles. The average molecular weight is 234 g/mol. The van der Waals surface area contributed by atoms with Gasteiger partial charge in [-0.15, -0.1) is 0 Å². The van der Waals surface area contributed by atoms with Crippen molar-refractivity contribution in [3.63, 3.8) is 0 Å². The largest absolute Gasteiger partial charge is 0.497 e. The Morgan fingerprint density at radius 3 is 2.22 bits per heavy atom. The SMILES string of the molecule is COc1ccc(-c2cccc(C#N)c2C#N)cc1. The number of benzene rings is 2. The molecule has 86 valence electrons. The molecule has 0 aliphatic carbocycles. The normalized spacial score (nSPS) is 9.28. The van der Waals surface area contributed by atoms with Gasteiger partial charge in [-0.3, -0.25) is 0 Å². The van der Waals surface area contributed by atoms with Crippen molar-refractivity contribution in [1.29, 1.82) is 10.5 Å². The van der Waals surface area contributed by atoms with Crippen LogP contribution in [0.4, 0.5) is 0 Å². The monoisotopic (exact) mass is 234 g/mol. The molecule has 0 aromatic heterocycles. The lowest BCUT2D eigenvalue weighted by atomic mass is 9.97. The van der Waals surface area contributed by atoms with Crippen LogP contribution in [-0.2, 0) is 0 Å². The minimum atomic E-state index is 0.394. The summed E-state index contributed by atoms with van der Waals surface area (Å²) in [7, 11) is 1.60. The summed E-state index contributed by atoms with van der Waals surface area (Å²) in [6.45, 7) is 0. The first kappa shape index (κ1) is 11.7. The van der Waals surface area contributed by atoms with Crippen LogP contribution in [0.15, 0.2) is 42.5 Å². The highest BCUT2D eigenvalue weighted by atomic mass is 16.5. The van der Waals surface area contributed by atoms with Crippen molar-refractivity contribution in [2.75, 3.05) is 7.11 Å². The summed E-state index contributed by atoms with van der Waals surface area (Å²) in [5.74, 6) is 0.758. The Labute approximate surface area is 105 Å². The molecule has 0 N–H and O–H groups in total. The number of nitrogens with zero attached hydrogens (tertiary/aromatic N) is 2. The molecule has 0 atom stereocenters. The van der Waals surface area contributed by atoms with Crippen LogP contribution in [0.1, 0.15) is 11.1 Å². The standard InChI is InChI=1S/C15H10N2O/c1-18-13-7-5-11(6-8-13)14-4-2-3-12(9-16)15(14)10-17/h2-8H,1H3. The molecular formula is C15H10N2O. The second kappa shape index (κ2) is 5.03. The van der Waals surface area contributed by atoms with E-state index in [1.54, 1.807) is 19.2 Å². The lowest BCUT2D eigenvalue weighted by Gasteiger charge is -2.06. The van der Waals surface area contributed by atoms with Gasteiger partial charge < -0.3 is 4.74 Å². The number of hydrogen-bond donors (Lipinski definition) is 0. The maximum Gasteiger partial charge on any atom is 0.118 e. The van der Waals surface area contributed by atoms with Gasteiger partial charge in [-0.05, 0) is 23.8 Å². The Hall–Kier alpha value is -2.78. The lowest BCUT2D eigenvalue weighted by Crippen LogP contribution is -1.89. The van der Waals surface area contributed by atoms with Gasteiger partial charge in [-0.25, -0.2) is 0 Å². The molecule has 0 heterocycles. The van der Waals surface area contributed by atoms with Crippen molar-refractivity contribution in [1.82, 2.24) is 0 Å². The van der Waals surface area contributed by atoms with Gasteiger partial charge in [-0.2, -0.15) is 10.5 Å². The van der Waals surface area contributed by atoms with Gasteiger partial charge in [0.2, 0.25) is 0 Å². The van der Waals surface area contributed by atoms with Gasteiger partial charge >= 0.3 is 0 Å². The van der Waals surface area contributed by atoms with Crippen LogP contribution >= 0.6 is 0 Å². The number of nitriles is 2. The Balaban J connectivity index is 2.57. The Kier molecular flexibility index (Phi) is 3.27. The van der Waals surface area contributed by atoms with E-state index in [9.17, 15) is 0 Å². The Morgan fingerprint density at radius 2 is 1.67 bits per heavy atom. The number of rotatable bonds is 2. The lowest BCUT2D eigenvalue weighted by molar-refractivity contribution is 0.415. The molecule has 3 heteroatoms. The maximum absolute atomic E-state index is 9.17. The first-order chi connectivity index (χ1) is 8.80. The van der Waals surface area contributed by atoms with Crippen LogP contribution in [0.5, 0.6) is 5.75 Å². The van der Waals surface area contributed by atoms with Crippen LogP contribution < -0.4 is 4.74 Å². The summed E-state index contributed by atoms with van der Waals surface area (Å²) in [6.07, 6.45) is 0. The molecule has 18 heavy (non-hydrogen) atoms. The van der Waals surface area contributed by atoms with E-state index < -0.39 is 0 Å². The molecule has 2 aromatic rings. The number of ether oxygens (including phenoxy) is 1. The summed E-state index contributed by atoms with van der Waals surface area (Å²) < 4.78 is 5.09. The van der Waals surface area contributed by atoms with Crippen molar-refractivity contribution in [3.05, 3.63) is 53.6 Å². The molecule has 0 saturated heterocycles. The highest BCUT2D eigenvalue weighted by Crippen LogP contribution is 2.27. The van der Waals surface area contributed by atoms with Crippen LogP contribution in [-0.4, -0.2) is 7.11 Å². The fourth-order valence-corrected chi connectivity index (χ4v) is 1.78. The highest BCUT2D eigenvalue weighted by Gasteiger charge is 2.09. The molecule has 0 aliphatic rings. The van der Waals surface area contributed by atoms with Crippen LogP contribution in [0.2, 0.25) is 0 Å². The predicted octanol–water partition coefficient (Wildman–Crippen LogP) is 3.11. The van der Waals surface area contributed by atoms with Crippen LogP contribution in [0.3, 0.4) is 0 Å². The molecule has 0 saturated carbocycles. The third-order valence-electron chi connectivity index (χ3n) is 2.70. The average Bonchev–Trinajstić information content (AvgIpc) is 2.46. The summed E-state index contributed by atoms with van der Waals surface area (Å²) in [6, 6.07) is 16.8. The zero-order valence-corrected chi connectivity index (χ0v) is 9.84. The number of hydrogen-bond acceptors (Lipinski definition) is 3. The maximum atomic E-state index is 9.17. The molecule has 0 radical (unpaired) electrons. The zero-order chi connectivity index (χ0) is 13.0. The smallest absolute Gasteiger partial charge is 0.118 e. The molecule has 0 unspecified atom stereocenters. The van der Waals surface area contributed by atoms with Crippen molar-refractivity contribution >= 4 is 0 Å². The van der Waals surface area contributed by atoms with E-state index in [-0.39, 0.29) is 0 Å². The minimum absolute atomic E-state index is 0.394. The van der Waals surface area contributed by atoms with E-state index in [4.69, 9.17) is 15.3 Å². The van der Waals surface area contributed by atoms with Crippen molar-refractivity contribution in [3.8, 4) is 29.0 Å². The topological polar surface area (TPSA) is 56.8 Å². The van der Waals surface area contributed by atoms with E-state index >= 15 is 0 Å². The van der Waals surface area contributed by atoms with Crippen molar-refractivity contribution in [2.45, 2.75) is 0 Å². The summed E-state index contributed by atoms with van der Waals surface area (Å²) in [4.78, 5) is 0. The molecule has 2 rings (SSSR count). The van der Waals surface area contributed by atoms with Gasteiger partial charge in [0.25, 0.3) is 0 Å². The van der Waals surface area contributed by atoms with E-state index in [1.807, 2.05) is 36.4 Å². The van der Waals surface area contributed by atoms with Gasteiger partial charge in [-0.1, -0.05) is 24.3 Å². The Bertz CT molecular complexity index is 646. The van der Waals surface area contributed by atoms with Crippen LogP contribution in [0.25, 0.3) is 11.1 Å². The zero-order valence-electron chi connectivity index (χ0n) is 9.84. The van der Waals surface area contributed by atoms with Gasteiger partial charge in [0, 0.05) is 5.56 Å². The van der Waals surface area contributed by atoms with E-state index in [0.717, 1.165) is 16.9 Å². The first-order valence-corrected chi connectivity index (χ1v) is 5.37. The van der Waals surface area contributed by atoms with Gasteiger partial charge in [0.1, 0.15) is 17.9 Å². The molecule has 0 amide bonds. The molecule has 3 nitrogen and oxygen atoms in total. The third kappa shape index (κ3) is 2.03.